The molecule has 0 atom stereocenters. The molecule has 0 fully saturated rings. The topological polar surface area (TPSA) is 116 Å². The fraction of sp³-hybridized carbons (Fsp3) is 0.333. The maximum Gasteiger partial charge on any atom is 1.00 e. The third kappa shape index (κ3) is 4.90. The number of rotatable bonds is 0. The van der Waals surface area contributed by atoms with E-state index in [1.807, 2.05) is 0 Å². The van der Waals surface area contributed by atoms with Gasteiger partial charge in [0.2, 0.25) is 0 Å². The molecule has 0 bridgehead atoms. The van der Waals surface area contributed by atoms with Crippen LogP contribution in [0.1, 0.15) is 6.92 Å². The third-order valence-electron chi connectivity index (χ3n) is 1.98. The second-order valence-electron chi connectivity index (χ2n) is 3.24. The van der Waals surface area contributed by atoms with Crippen LogP contribution in [0.3, 0.4) is 0 Å². The van der Waals surface area contributed by atoms with Gasteiger partial charge in [0.05, 0.1) is 0 Å². The number of nitrogens with zero attached hydrogens (tertiary/aromatic N) is 4. The van der Waals surface area contributed by atoms with Gasteiger partial charge in [-0.15, -0.1) is 0 Å². The van der Waals surface area contributed by atoms with Gasteiger partial charge in [0.15, 0.2) is 5.82 Å². The Balaban J connectivity index is 0. The Hall–Kier alpha value is -0.380. The van der Waals surface area contributed by atoms with Crippen molar-refractivity contribution in [2.24, 2.45) is 14.1 Å². The summed E-state index contributed by atoms with van der Waals surface area (Å²) in [6.45, 7) is 0.972. The van der Waals surface area contributed by atoms with Crippen molar-refractivity contribution < 1.29 is 74.1 Å². The Morgan fingerprint density at radius 3 is 2.16 bits per heavy atom. The van der Waals surface area contributed by atoms with Gasteiger partial charge in [-0.25, -0.2) is 14.8 Å². The van der Waals surface area contributed by atoms with Gasteiger partial charge in [-0.1, -0.05) is 0 Å². The SMILES string of the molecule is CC(=O)[O-].Cn1c2ncnc-2c([O-])n(C)c1=O.[Na+].[Na+]. The molecule has 0 saturated carbocycles. The number of carboxylic acid groups (broad SMARTS) is 1. The maximum atomic E-state index is 11.4. The Morgan fingerprint density at radius 2 is 1.68 bits per heavy atom. The zero-order valence-electron chi connectivity index (χ0n) is 11.5. The van der Waals surface area contributed by atoms with Gasteiger partial charge in [-0.3, -0.25) is 4.57 Å². The summed E-state index contributed by atoms with van der Waals surface area (Å²) in [7, 11) is 2.97. The van der Waals surface area contributed by atoms with E-state index in [2.05, 4.69) is 9.97 Å². The molecule has 8 nitrogen and oxygen atoms in total. The molecule has 0 aromatic heterocycles. The van der Waals surface area contributed by atoms with Crippen molar-refractivity contribution in [3.63, 3.8) is 0 Å². The minimum atomic E-state index is -1.08. The normalized spacial score (nSPS) is 8.79. The van der Waals surface area contributed by atoms with E-state index in [1.165, 1.54) is 17.9 Å². The standard InChI is InChI=1S/C7H8N4O2.C2H4O2.2Na/c1-10-5-4(8-3-9-5)6(12)11(2)7(10)13;1-2(3)4;;/h3,12H,1-2H3;1H3,(H,3,4);;/q;;2*+1/p-2. The fourth-order valence-corrected chi connectivity index (χ4v) is 1.22. The number of imidazole rings is 1. The molecule has 2 heterocycles. The molecule has 0 spiro atoms. The molecular formula is C9H10N4Na2O4. The van der Waals surface area contributed by atoms with E-state index in [0.29, 0.717) is 5.82 Å². The van der Waals surface area contributed by atoms with E-state index in [1.54, 1.807) is 7.05 Å². The largest absolute Gasteiger partial charge is 1.00 e. The van der Waals surface area contributed by atoms with Crippen LogP contribution in [0.15, 0.2) is 11.1 Å². The number of hydrogen-bond acceptors (Lipinski definition) is 6. The van der Waals surface area contributed by atoms with Gasteiger partial charge in [-0.2, -0.15) is 0 Å². The maximum absolute atomic E-state index is 11.4. The van der Waals surface area contributed by atoms with E-state index < -0.39 is 17.5 Å². The summed E-state index contributed by atoms with van der Waals surface area (Å²) in [5.41, 5.74) is -0.164. The van der Waals surface area contributed by atoms with Gasteiger partial charge >= 0.3 is 64.8 Å². The molecule has 0 aromatic carbocycles. The average Bonchev–Trinajstić information content (AvgIpc) is 2.71. The first-order valence-electron chi connectivity index (χ1n) is 4.57. The fourth-order valence-electron chi connectivity index (χ4n) is 1.22. The molecule has 0 aliphatic carbocycles. The second-order valence-corrected chi connectivity index (χ2v) is 3.24. The number of hydrogen-bond donors (Lipinski definition) is 0. The van der Waals surface area contributed by atoms with E-state index in [-0.39, 0.29) is 64.8 Å². The van der Waals surface area contributed by atoms with Crippen molar-refractivity contribution in [1.29, 1.82) is 0 Å². The van der Waals surface area contributed by atoms with Crippen LogP contribution >= 0.6 is 0 Å². The molecule has 0 N–H and O–H groups in total. The number of carbonyl (C=O) groups excluding carboxylic acids is 1. The summed E-state index contributed by atoms with van der Waals surface area (Å²) in [6, 6.07) is 0. The Kier molecular flexibility index (Phi) is 9.61. The van der Waals surface area contributed by atoms with Crippen molar-refractivity contribution in [3.05, 3.63) is 16.8 Å². The first-order chi connectivity index (χ1) is 7.86. The summed E-state index contributed by atoms with van der Waals surface area (Å²) in [5, 5.41) is 20.3. The Morgan fingerprint density at radius 1 is 1.21 bits per heavy atom. The molecule has 0 unspecified atom stereocenters. The number of fused-ring (bicyclic) bond motifs is 1. The van der Waals surface area contributed by atoms with E-state index in [4.69, 9.17) is 9.90 Å². The molecule has 0 radical (unpaired) electrons. The summed E-state index contributed by atoms with van der Waals surface area (Å²) in [5.74, 6) is -1.16. The van der Waals surface area contributed by atoms with Crippen LogP contribution in [0.25, 0.3) is 11.5 Å². The van der Waals surface area contributed by atoms with Crippen molar-refractivity contribution >= 4 is 5.97 Å². The summed E-state index contributed by atoms with van der Waals surface area (Å²) in [6.07, 6.45) is 1.27. The first-order valence-corrected chi connectivity index (χ1v) is 4.57. The molecule has 2 rings (SSSR count). The smallest absolute Gasteiger partial charge is 0.858 e. The number of aliphatic carboxylic acids is 1. The van der Waals surface area contributed by atoms with Crippen LogP contribution in [-0.4, -0.2) is 25.1 Å². The average molecular weight is 284 g/mol. The van der Waals surface area contributed by atoms with Gasteiger partial charge in [0.25, 0.3) is 0 Å². The minimum absolute atomic E-state index is 0. The van der Waals surface area contributed by atoms with Crippen LogP contribution in [0.5, 0.6) is 5.88 Å². The minimum Gasteiger partial charge on any atom is -0.858 e. The van der Waals surface area contributed by atoms with Gasteiger partial charge in [0.1, 0.15) is 12.0 Å². The molecule has 10 heteroatoms. The van der Waals surface area contributed by atoms with Gasteiger partial charge < -0.3 is 19.6 Å². The van der Waals surface area contributed by atoms with Gasteiger partial charge in [0, 0.05) is 20.1 Å². The van der Waals surface area contributed by atoms with E-state index in [0.717, 1.165) is 11.5 Å². The summed E-state index contributed by atoms with van der Waals surface area (Å²) >= 11 is 0. The molecule has 0 aromatic rings. The van der Waals surface area contributed by atoms with Crippen LogP contribution in [0.2, 0.25) is 0 Å². The molecule has 0 saturated heterocycles. The number of carbonyl (C=O) groups is 1. The van der Waals surface area contributed by atoms with Crippen LogP contribution in [0.4, 0.5) is 0 Å². The first kappa shape index (κ1) is 20.9. The van der Waals surface area contributed by atoms with Crippen molar-refractivity contribution in [3.8, 4) is 17.4 Å². The van der Waals surface area contributed by atoms with Crippen molar-refractivity contribution in [2.75, 3.05) is 0 Å². The van der Waals surface area contributed by atoms with Crippen molar-refractivity contribution in [1.82, 2.24) is 19.1 Å². The van der Waals surface area contributed by atoms with Crippen LogP contribution in [-0.2, 0) is 18.9 Å². The van der Waals surface area contributed by atoms with Crippen LogP contribution < -0.4 is 75.0 Å². The van der Waals surface area contributed by atoms with Crippen molar-refractivity contribution in [2.45, 2.75) is 6.92 Å². The number of carboxylic acids is 1. The van der Waals surface area contributed by atoms with E-state index in [9.17, 15) is 9.90 Å². The Labute approximate surface area is 153 Å². The van der Waals surface area contributed by atoms with Gasteiger partial charge in [-0.05, 0) is 12.8 Å². The zero-order chi connectivity index (χ0) is 13.2. The predicted octanol–water partition coefficient (Wildman–Crippen LogP) is -8.54. The molecule has 2 aliphatic rings. The third-order valence-corrected chi connectivity index (χ3v) is 1.98. The molecule has 19 heavy (non-hydrogen) atoms. The summed E-state index contributed by atoms with van der Waals surface area (Å²) < 4.78 is 2.31. The molecule has 0 amide bonds. The second kappa shape index (κ2) is 8.72. The molecule has 2 aliphatic heterocycles. The quantitative estimate of drug-likeness (QED) is 0.444. The molecular weight excluding hydrogens is 274 g/mol. The zero-order valence-corrected chi connectivity index (χ0v) is 15.5. The van der Waals surface area contributed by atoms with Crippen LogP contribution in [0, 0.1) is 0 Å². The summed E-state index contributed by atoms with van der Waals surface area (Å²) in [4.78, 5) is 27.8. The Bertz CT molecular complexity index is 576. The molecule has 92 valence electrons. The number of aromatic nitrogens is 4. The predicted molar refractivity (Wildman–Crippen MR) is 53.0 cm³/mol. The van der Waals surface area contributed by atoms with E-state index >= 15 is 0 Å². The monoisotopic (exact) mass is 284 g/mol.